The van der Waals surface area contributed by atoms with Crippen LogP contribution in [0.4, 0.5) is 5.82 Å². The second-order valence-corrected chi connectivity index (χ2v) is 18.3. The smallest absolute Gasteiger partial charge is 0.393 e. The van der Waals surface area contributed by atoms with E-state index in [2.05, 4.69) is 34.4 Å². The van der Waals surface area contributed by atoms with Gasteiger partial charge in [0, 0.05) is 37.1 Å². The van der Waals surface area contributed by atoms with E-state index < -0.39 is 90.7 Å². The van der Waals surface area contributed by atoms with Gasteiger partial charge in [-0.3, -0.25) is 32.5 Å². The summed E-state index contributed by atoms with van der Waals surface area (Å²) in [5, 5.41) is 35.8. The molecule has 3 heterocycles. The summed E-state index contributed by atoms with van der Waals surface area (Å²) in [6, 6.07) is 0. The van der Waals surface area contributed by atoms with Gasteiger partial charge in [0.1, 0.15) is 36.3 Å². The molecule has 0 radical (unpaired) electrons. The quantitative estimate of drug-likeness (QED) is 0.0483. The number of aromatic nitrogens is 4. The van der Waals surface area contributed by atoms with E-state index in [1.165, 1.54) is 13.8 Å². The third-order valence-electron chi connectivity index (χ3n) is 7.79. The minimum absolute atomic E-state index is 0.00827. The number of rotatable bonds is 23. The van der Waals surface area contributed by atoms with Gasteiger partial charge < -0.3 is 56.0 Å². The summed E-state index contributed by atoms with van der Waals surface area (Å²) in [5.74, 6) is -1.24. The zero-order valence-electron chi connectivity index (χ0n) is 30.2. The number of carbonyl (C=O) groups is 3. The summed E-state index contributed by atoms with van der Waals surface area (Å²) in [6.07, 6.45) is -6.45. The third kappa shape index (κ3) is 14.7. The number of anilines is 1. The Morgan fingerprint density at radius 3 is 2.39 bits per heavy atom. The molecule has 1 saturated heterocycles. The molecule has 2 aromatic heterocycles. The number of fused-ring (bicyclic) bond motifs is 1. The maximum absolute atomic E-state index is 12.7. The summed E-state index contributed by atoms with van der Waals surface area (Å²) < 4.78 is 62.0. The van der Waals surface area contributed by atoms with Crippen molar-refractivity contribution in [3.05, 3.63) is 12.7 Å². The molecule has 1 aliphatic rings. The molecule has 318 valence electrons. The fraction of sp³-hybridized carbons (Fsp3) is 0.704. The van der Waals surface area contributed by atoms with Gasteiger partial charge >= 0.3 is 23.5 Å². The number of thioether (sulfide) groups is 1. The fourth-order valence-corrected chi connectivity index (χ4v) is 8.55. The summed E-state index contributed by atoms with van der Waals surface area (Å²) >= 11 is 0.964. The van der Waals surface area contributed by atoms with Crippen molar-refractivity contribution in [1.82, 2.24) is 30.2 Å². The van der Waals surface area contributed by atoms with Crippen LogP contribution in [0, 0.1) is 5.41 Å². The van der Waals surface area contributed by atoms with E-state index in [1.54, 1.807) is 0 Å². The summed E-state index contributed by atoms with van der Waals surface area (Å²) in [4.78, 5) is 87.3. The molecule has 56 heavy (non-hydrogen) atoms. The zero-order valence-corrected chi connectivity index (χ0v) is 33.7. The van der Waals surface area contributed by atoms with Crippen LogP contribution in [0.2, 0.25) is 0 Å². The van der Waals surface area contributed by atoms with Crippen molar-refractivity contribution in [2.24, 2.45) is 5.41 Å². The minimum Gasteiger partial charge on any atom is -0.393 e. The predicted molar refractivity (Wildman–Crippen MR) is 193 cm³/mol. The minimum atomic E-state index is -5.58. The van der Waals surface area contributed by atoms with Crippen molar-refractivity contribution in [1.29, 1.82) is 0 Å². The standard InChI is InChI=1S/C27H46N7O18P3S/c1-4-5-15(35)10-18(37)56-9-8-29-17(36)6-7-30-25(40)22(39)27(2,3)12-49-55(46,47)52-54(44,45)48-11-16-21(51-53(41,42)43)20(38)26(50-16)34-14-33-19-23(28)31-13-32-24(19)34/h13-16,20-22,26,35,38-39H,4-12H2,1-3H3,(H,29,36)(H,30,40)(H,44,45)(H,46,47)(H2,28,31,32)(H2,41,42,43)/t15-,16+,20+,21+,22?,26+/m0/s1. The number of phosphoric ester groups is 3. The summed E-state index contributed by atoms with van der Waals surface area (Å²) in [6.45, 7) is 2.26. The van der Waals surface area contributed by atoms with Gasteiger partial charge in [0.2, 0.25) is 11.8 Å². The van der Waals surface area contributed by atoms with E-state index in [1.807, 2.05) is 6.92 Å². The SMILES string of the molecule is CCC[C@H](O)CC(=O)SCCNC(=O)CCNC(=O)C(O)C(C)(C)COP(=O)(O)OP(=O)(O)OC[C@H]1O[C@@H](n2cnc3c(N)ncnc32)[C@H](O)[C@@H]1OP(=O)(O)O. The number of imidazole rings is 1. The van der Waals surface area contributed by atoms with Gasteiger partial charge in [0.25, 0.3) is 0 Å². The maximum Gasteiger partial charge on any atom is 0.481 e. The Morgan fingerprint density at radius 1 is 1.05 bits per heavy atom. The molecule has 3 rings (SSSR count). The van der Waals surface area contributed by atoms with Crippen molar-refractivity contribution in [2.45, 2.75) is 83.2 Å². The lowest BCUT2D eigenvalue weighted by atomic mass is 9.87. The molecule has 3 unspecified atom stereocenters. The maximum atomic E-state index is 12.7. The molecule has 0 saturated carbocycles. The van der Waals surface area contributed by atoms with Gasteiger partial charge in [0.15, 0.2) is 22.8 Å². The van der Waals surface area contributed by atoms with Gasteiger partial charge in [-0.25, -0.2) is 28.6 Å². The molecule has 11 N–H and O–H groups in total. The number of nitrogens with two attached hydrogens (primary N) is 1. The van der Waals surface area contributed by atoms with Crippen LogP contribution >= 0.6 is 35.2 Å². The van der Waals surface area contributed by atoms with E-state index in [9.17, 15) is 63.0 Å². The molecule has 29 heteroatoms. The number of phosphoric acid groups is 3. The first-order valence-electron chi connectivity index (χ1n) is 16.7. The first-order chi connectivity index (χ1) is 25.9. The first-order valence-corrected chi connectivity index (χ1v) is 22.2. The number of hydrogen-bond acceptors (Lipinski definition) is 19. The van der Waals surface area contributed by atoms with Crippen LogP contribution in [0.15, 0.2) is 12.7 Å². The molecule has 1 fully saturated rings. The Bertz CT molecular complexity index is 1820. The second-order valence-electron chi connectivity index (χ2n) is 12.9. The Labute approximate surface area is 323 Å². The molecule has 0 aromatic carbocycles. The van der Waals surface area contributed by atoms with Gasteiger partial charge in [-0.05, 0) is 6.42 Å². The summed E-state index contributed by atoms with van der Waals surface area (Å²) in [5.41, 5.74) is 4.24. The highest BCUT2D eigenvalue weighted by molar-refractivity contribution is 8.13. The van der Waals surface area contributed by atoms with Crippen LogP contribution < -0.4 is 16.4 Å². The van der Waals surface area contributed by atoms with Gasteiger partial charge in [0.05, 0.1) is 25.6 Å². The van der Waals surface area contributed by atoms with E-state index in [0.29, 0.717) is 6.42 Å². The number of carbonyl (C=O) groups excluding carboxylic acids is 3. The van der Waals surface area contributed by atoms with E-state index >= 15 is 0 Å². The monoisotopic (exact) mass is 881 g/mol. The van der Waals surface area contributed by atoms with E-state index in [4.69, 9.17) is 19.5 Å². The fourth-order valence-electron chi connectivity index (χ4n) is 4.98. The number of amides is 2. The Kier molecular flexibility index (Phi) is 17.5. The van der Waals surface area contributed by atoms with Gasteiger partial charge in [-0.2, -0.15) is 4.31 Å². The van der Waals surface area contributed by atoms with Crippen LogP contribution in [0.3, 0.4) is 0 Å². The normalized spacial score (nSPS) is 22.2. The van der Waals surface area contributed by atoms with Crippen LogP contribution in [0.5, 0.6) is 0 Å². The van der Waals surface area contributed by atoms with Crippen molar-refractivity contribution < 1.29 is 85.6 Å². The van der Waals surface area contributed by atoms with Crippen molar-refractivity contribution in [3.8, 4) is 0 Å². The van der Waals surface area contributed by atoms with Crippen LogP contribution in [0.1, 0.15) is 52.7 Å². The van der Waals surface area contributed by atoms with Crippen LogP contribution in [0.25, 0.3) is 11.2 Å². The molecule has 1 aliphatic heterocycles. The van der Waals surface area contributed by atoms with Crippen LogP contribution in [-0.4, -0.2) is 134 Å². The number of hydrogen-bond donors (Lipinski definition) is 10. The predicted octanol–water partition coefficient (Wildman–Crippen LogP) is -0.784. The lowest BCUT2D eigenvalue weighted by Gasteiger charge is -2.30. The lowest BCUT2D eigenvalue weighted by Crippen LogP contribution is -2.46. The van der Waals surface area contributed by atoms with Crippen LogP contribution in [-0.2, 0) is 50.7 Å². The number of aliphatic hydroxyl groups is 3. The highest BCUT2D eigenvalue weighted by Crippen LogP contribution is 2.61. The number of aliphatic hydroxyl groups excluding tert-OH is 3. The molecule has 2 amide bonds. The third-order valence-corrected chi connectivity index (χ3v) is 11.8. The number of nitrogens with one attached hydrogen (secondary N) is 2. The lowest BCUT2D eigenvalue weighted by molar-refractivity contribution is -0.137. The van der Waals surface area contributed by atoms with Crippen molar-refractivity contribution in [2.75, 3.05) is 37.8 Å². The highest BCUT2D eigenvalue weighted by Gasteiger charge is 2.50. The largest absolute Gasteiger partial charge is 0.481 e. The Balaban J connectivity index is 1.48. The molecular weight excluding hydrogens is 835 g/mol. The molecule has 0 bridgehead atoms. The van der Waals surface area contributed by atoms with Gasteiger partial charge in [-0.15, -0.1) is 0 Å². The number of nitrogens with zero attached hydrogens (tertiary/aromatic N) is 4. The molecule has 25 nitrogen and oxygen atoms in total. The molecule has 0 aliphatic carbocycles. The first kappa shape index (κ1) is 47.9. The molecule has 2 aromatic rings. The zero-order chi connectivity index (χ0) is 42.1. The average molecular weight is 882 g/mol. The topological polar surface area (TPSA) is 384 Å². The second kappa shape index (κ2) is 20.5. The average Bonchev–Trinajstić information content (AvgIpc) is 3.64. The number of ether oxygens (including phenoxy) is 1. The Hall–Kier alpha value is -2.48. The van der Waals surface area contributed by atoms with E-state index in [-0.39, 0.29) is 53.8 Å². The Morgan fingerprint density at radius 2 is 1.73 bits per heavy atom. The highest BCUT2D eigenvalue weighted by atomic mass is 32.2. The van der Waals surface area contributed by atoms with Gasteiger partial charge in [-0.1, -0.05) is 39.0 Å². The molecule has 8 atom stereocenters. The van der Waals surface area contributed by atoms with Crippen molar-refractivity contribution in [3.63, 3.8) is 0 Å². The summed E-state index contributed by atoms with van der Waals surface area (Å²) in [7, 11) is -16.4. The number of nitrogen functional groups attached to an aromatic ring is 1. The molecule has 0 spiro atoms. The van der Waals surface area contributed by atoms with E-state index in [0.717, 1.165) is 35.4 Å². The van der Waals surface area contributed by atoms with Crippen molar-refractivity contribution >= 4 is 69.1 Å². The molecular formula is C27H46N7O18P3S.